The van der Waals surface area contributed by atoms with Gasteiger partial charge in [-0.05, 0) is 17.7 Å². The lowest BCUT2D eigenvalue weighted by atomic mass is 10.1. The van der Waals surface area contributed by atoms with Gasteiger partial charge in [-0.2, -0.15) is 10.2 Å². The zero-order valence-corrected chi connectivity index (χ0v) is 15.5. The van der Waals surface area contributed by atoms with Crippen molar-refractivity contribution >= 4 is 11.8 Å². The maximum Gasteiger partial charge on any atom is 0.222 e. The van der Waals surface area contributed by atoms with E-state index in [0.29, 0.717) is 29.4 Å². The minimum atomic E-state index is -0.0342. The van der Waals surface area contributed by atoms with Gasteiger partial charge in [0, 0.05) is 5.56 Å². The fourth-order valence-electron chi connectivity index (χ4n) is 2.72. The molecule has 28 heavy (non-hydrogen) atoms. The van der Waals surface area contributed by atoms with Crippen molar-refractivity contribution in [2.24, 2.45) is 0 Å². The zero-order valence-electron chi connectivity index (χ0n) is 15.5. The standard InChI is InChI=1S/C20H19N5O3/c1-26-15-8-13(17-14(10-21)19(22)25-20(23)24-17)9-16(18(15)27-2)28-11-12-6-4-3-5-7-12/h3-9H,11H2,1-2H3,(H4,22,23,24,25). The van der Waals surface area contributed by atoms with Gasteiger partial charge in [0.05, 0.1) is 19.9 Å². The van der Waals surface area contributed by atoms with Crippen LogP contribution in [0.4, 0.5) is 11.8 Å². The smallest absolute Gasteiger partial charge is 0.222 e. The van der Waals surface area contributed by atoms with E-state index in [-0.39, 0.29) is 23.0 Å². The van der Waals surface area contributed by atoms with E-state index >= 15 is 0 Å². The van der Waals surface area contributed by atoms with Crippen LogP contribution in [0, 0.1) is 11.3 Å². The summed E-state index contributed by atoms with van der Waals surface area (Å²) in [6.45, 7) is 0.322. The average molecular weight is 377 g/mol. The number of hydrogen-bond acceptors (Lipinski definition) is 8. The molecule has 0 fully saturated rings. The molecule has 0 aliphatic rings. The maximum atomic E-state index is 9.46. The molecule has 0 aliphatic carbocycles. The fraction of sp³-hybridized carbons (Fsp3) is 0.150. The first-order chi connectivity index (χ1) is 13.6. The van der Waals surface area contributed by atoms with Gasteiger partial charge in [-0.15, -0.1) is 0 Å². The number of nitrogens with two attached hydrogens (primary N) is 2. The van der Waals surface area contributed by atoms with E-state index in [1.165, 1.54) is 14.2 Å². The Morgan fingerprint density at radius 3 is 2.36 bits per heavy atom. The van der Waals surface area contributed by atoms with E-state index in [4.69, 9.17) is 25.7 Å². The summed E-state index contributed by atoms with van der Waals surface area (Å²) in [6.07, 6.45) is 0. The van der Waals surface area contributed by atoms with Crippen LogP contribution in [0.15, 0.2) is 42.5 Å². The highest BCUT2D eigenvalue weighted by atomic mass is 16.5. The molecule has 0 saturated carbocycles. The number of rotatable bonds is 6. The van der Waals surface area contributed by atoms with Gasteiger partial charge in [0.25, 0.3) is 0 Å². The predicted molar refractivity (Wildman–Crippen MR) is 105 cm³/mol. The van der Waals surface area contributed by atoms with Crippen molar-refractivity contribution in [1.82, 2.24) is 9.97 Å². The molecular weight excluding hydrogens is 358 g/mol. The Labute approximate surface area is 162 Å². The number of hydrogen-bond donors (Lipinski definition) is 2. The first-order valence-electron chi connectivity index (χ1n) is 8.33. The number of methoxy groups -OCH3 is 2. The van der Waals surface area contributed by atoms with Crippen LogP contribution in [0.5, 0.6) is 17.2 Å². The highest BCUT2D eigenvalue weighted by Gasteiger charge is 2.19. The van der Waals surface area contributed by atoms with Crippen LogP contribution in [-0.2, 0) is 6.61 Å². The summed E-state index contributed by atoms with van der Waals surface area (Å²) in [6, 6.07) is 15.1. The Bertz CT molecular complexity index is 1030. The lowest BCUT2D eigenvalue weighted by Crippen LogP contribution is -2.06. The molecule has 1 aromatic heterocycles. The highest BCUT2D eigenvalue weighted by Crippen LogP contribution is 2.42. The Morgan fingerprint density at radius 2 is 1.71 bits per heavy atom. The molecule has 8 heteroatoms. The van der Waals surface area contributed by atoms with E-state index < -0.39 is 0 Å². The van der Waals surface area contributed by atoms with Gasteiger partial charge in [0.2, 0.25) is 11.7 Å². The first-order valence-corrected chi connectivity index (χ1v) is 8.33. The molecule has 0 amide bonds. The van der Waals surface area contributed by atoms with Crippen LogP contribution in [-0.4, -0.2) is 24.2 Å². The minimum Gasteiger partial charge on any atom is -0.493 e. The second kappa shape index (κ2) is 8.14. The largest absolute Gasteiger partial charge is 0.493 e. The van der Waals surface area contributed by atoms with Gasteiger partial charge in [-0.3, -0.25) is 0 Å². The Hall–Kier alpha value is -3.99. The van der Waals surface area contributed by atoms with Crippen molar-refractivity contribution in [2.75, 3.05) is 25.7 Å². The van der Waals surface area contributed by atoms with Crippen LogP contribution in [0.3, 0.4) is 0 Å². The SMILES string of the molecule is COc1cc(-c2nc(N)nc(N)c2C#N)cc(OCc2ccccc2)c1OC. The molecular formula is C20H19N5O3. The van der Waals surface area contributed by atoms with E-state index in [2.05, 4.69) is 9.97 Å². The zero-order chi connectivity index (χ0) is 20.1. The van der Waals surface area contributed by atoms with Crippen molar-refractivity contribution in [3.8, 4) is 34.6 Å². The maximum absolute atomic E-state index is 9.46. The molecule has 4 N–H and O–H groups in total. The van der Waals surface area contributed by atoms with Gasteiger partial charge in [-0.1, -0.05) is 30.3 Å². The summed E-state index contributed by atoms with van der Waals surface area (Å²) in [7, 11) is 3.03. The number of aromatic nitrogens is 2. The Kier molecular flexibility index (Phi) is 5.46. The molecule has 0 atom stereocenters. The van der Waals surface area contributed by atoms with Crippen LogP contribution in [0.2, 0.25) is 0 Å². The van der Waals surface area contributed by atoms with Gasteiger partial charge in [-0.25, -0.2) is 4.98 Å². The number of anilines is 2. The normalized spacial score (nSPS) is 10.2. The third-order valence-electron chi connectivity index (χ3n) is 4.02. The fourth-order valence-corrected chi connectivity index (χ4v) is 2.72. The molecule has 3 rings (SSSR count). The first kappa shape index (κ1) is 18.8. The minimum absolute atomic E-state index is 0.00605. The number of nitriles is 1. The summed E-state index contributed by atoms with van der Waals surface area (Å²) < 4.78 is 16.8. The van der Waals surface area contributed by atoms with Crippen LogP contribution in [0.25, 0.3) is 11.3 Å². The molecule has 8 nitrogen and oxygen atoms in total. The number of nitrogen functional groups attached to an aromatic ring is 2. The van der Waals surface area contributed by atoms with Gasteiger partial charge in [0.1, 0.15) is 24.1 Å². The topological polar surface area (TPSA) is 129 Å². The van der Waals surface area contributed by atoms with Gasteiger partial charge < -0.3 is 25.7 Å². The molecule has 0 spiro atoms. The number of nitrogens with zero attached hydrogens (tertiary/aromatic N) is 3. The van der Waals surface area contributed by atoms with Crippen molar-refractivity contribution < 1.29 is 14.2 Å². The van der Waals surface area contributed by atoms with E-state index in [1.807, 2.05) is 36.4 Å². The number of benzene rings is 2. The van der Waals surface area contributed by atoms with Gasteiger partial charge in [0.15, 0.2) is 11.5 Å². The second-order valence-corrected chi connectivity index (χ2v) is 5.79. The summed E-state index contributed by atoms with van der Waals surface area (Å²) in [5, 5.41) is 9.46. The molecule has 3 aromatic rings. The van der Waals surface area contributed by atoms with E-state index in [9.17, 15) is 5.26 Å². The molecule has 0 unspecified atom stereocenters. The Morgan fingerprint density at radius 1 is 1.00 bits per heavy atom. The third kappa shape index (κ3) is 3.73. The second-order valence-electron chi connectivity index (χ2n) is 5.79. The quantitative estimate of drug-likeness (QED) is 0.671. The van der Waals surface area contributed by atoms with Gasteiger partial charge >= 0.3 is 0 Å². The molecule has 2 aromatic carbocycles. The lowest BCUT2D eigenvalue weighted by Gasteiger charge is -2.16. The van der Waals surface area contributed by atoms with E-state index in [0.717, 1.165) is 5.56 Å². The van der Waals surface area contributed by atoms with Crippen molar-refractivity contribution in [3.63, 3.8) is 0 Å². The summed E-state index contributed by atoms with van der Waals surface area (Å²) in [5.74, 6) is 1.25. The molecule has 1 heterocycles. The average Bonchev–Trinajstić information content (AvgIpc) is 2.71. The summed E-state index contributed by atoms with van der Waals surface area (Å²) in [5.41, 5.74) is 13.5. The molecule has 0 bridgehead atoms. The van der Waals surface area contributed by atoms with Crippen molar-refractivity contribution in [1.29, 1.82) is 5.26 Å². The highest BCUT2D eigenvalue weighted by molar-refractivity contribution is 5.76. The van der Waals surface area contributed by atoms with Crippen molar-refractivity contribution in [2.45, 2.75) is 6.61 Å². The Balaban J connectivity index is 2.10. The third-order valence-corrected chi connectivity index (χ3v) is 4.02. The lowest BCUT2D eigenvalue weighted by molar-refractivity contribution is 0.275. The van der Waals surface area contributed by atoms with Crippen LogP contribution in [0.1, 0.15) is 11.1 Å². The predicted octanol–water partition coefficient (Wildman–Crippen LogP) is 2.78. The summed E-state index contributed by atoms with van der Waals surface area (Å²) >= 11 is 0. The van der Waals surface area contributed by atoms with E-state index in [1.54, 1.807) is 12.1 Å². The van der Waals surface area contributed by atoms with Crippen LogP contribution < -0.4 is 25.7 Å². The summed E-state index contributed by atoms with van der Waals surface area (Å²) in [4.78, 5) is 8.02. The van der Waals surface area contributed by atoms with Crippen molar-refractivity contribution in [3.05, 3.63) is 53.6 Å². The van der Waals surface area contributed by atoms with Crippen LogP contribution >= 0.6 is 0 Å². The molecule has 0 radical (unpaired) electrons. The molecule has 0 aliphatic heterocycles. The monoisotopic (exact) mass is 377 g/mol. The number of ether oxygens (including phenoxy) is 3. The molecule has 0 saturated heterocycles. The molecule has 142 valence electrons.